The monoisotopic (exact) mass is 643 g/mol. The molecule has 11 nitrogen and oxygen atoms in total. The predicted molar refractivity (Wildman–Crippen MR) is 184 cm³/mol. The Hall–Kier alpha value is -5.82. The Morgan fingerprint density at radius 1 is 0.739 bits per heavy atom. The molecule has 0 saturated carbocycles. The number of hydrogen-bond donors (Lipinski definition) is 3. The summed E-state index contributed by atoms with van der Waals surface area (Å²) in [4.78, 5) is 13.4. The number of nitrogens with one attached hydrogen (secondary N) is 3. The van der Waals surface area contributed by atoms with Gasteiger partial charge in [0.05, 0.1) is 28.2 Å². The molecule has 3 N–H and O–H groups in total. The number of anilines is 6. The minimum atomic E-state index is 0.242. The molecule has 0 radical (unpaired) electrons. The first-order valence-corrected chi connectivity index (χ1v) is 15.1. The molecule has 5 aromatic rings. The number of piperazine rings is 1. The molecular formula is C33H26ClN11S. The number of aromatic nitrogens is 4. The molecule has 1 fully saturated rings. The Morgan fingerprint density at radius 2 is 1.46 bits per heavy atom. The van der Waals surface area contributed by atoms with Gasteiger partial charge in [-0.3, -0.25) is 0 Å². The minimum absolute atomic E-state index is 0.242. The van der Waals surface area contributed by atoms with Crippen LogP contribution >= 0.6 is 23.8 Å². The third kappa shape index (κ3) is 6.94. The van der Waals surface area contributed by atoms with Crippen LogP contribution in [-0.2, 0) is 0 Å². The topological polar surface area (TPSA) is 142 Å². The third-order valence-electron chi connectivity index (χ3n) is 7.25. The smallest absolute Gasteiger partial charge is 0.176 e. The number of benzene rings is 2. The van der Waals surface area contributed by atoms with Crippen LogP contribution in [0.3, 0.4) is 0 Å². The first kappa shape index (κ1) is 30.2. The molecule has 4 heterocycles. The lowest BCUT2D eigenvalue weighted by Crippen LogP contribution is -2.47. The summed E-state index contributed by atoms with van der Waals surface area (Å²) in [6.07, 6.45) is 0. The molecule has 46 heavy (non-hydrogen) atoms. The van der Waals surface area contributed by atoms with Gasteiger partial charge in [-0.25, -0.2) is 9.97 Å². The van der Waals surface area contributed by atoms with Crippen LogP contribution in [0.4, 0.5) is 34.6 Å². The number of thiocarbonyl (C=S) groups is 1. The van der Waals surface area contributed by atoms with Gasteiger partial charge in [-0.1, -0.05) is 60.1 Å². The summed E-state index contributed by atoms with van der Waals surface area (Å²) in [5, 5.41) is 38.7. The summed E-state index contributed by atoms with van der Waals surface area (Å²) in [5.41, 5.74) is 3.57. The second-order valence-corrected chi connectivity index (χ2v) is 11.0. The van der Waals surface area contributed by atoms with E-state index in [0.717, 1.165) is 17.1 Å². The molecule has 0 atom stereocenters. The maximum Gasteiger partial charge on any atom is 0.176 e. The van der Waals surface area contributed by atoms with Gasteiger partial charge in [0.1, 0.15) is 28.9 Å². The maximum absolute atomic E-state index is 9.94. The first-order chi connectivity index (χ1) is 22.5. The van der Waals surface area contributed by atoms with Gasteiger partial charge in [0, 0.05) is 31.7 Å². The highest BCUT2D eigenvalue weighted by Gasteiger charge is 2.23. The van der Waals surface area contributed by atoms with Crippen molar-refractivity contribution < 1.29 is 0 Å². The van der Waals surface area contributed by atoms with Gasteiger partial charge in [-0.05, 0) is 54.7 Å². The number of nitriles is 2. The van der Waals surface area contributed by atoms with E-state index in [1.807, 2.05) is 77.7 Å². The lowest BCUT2D eigenvalue weighted by Gasteiger charge is -2.36. The van der Waals surface area contributed by atoms with Crippen molar-refractivity contribution in [2.45, 2.75) is 0 Å². The summed E-state index contributed by atoms with van der Waals surface area (Å²) in [7, 11) is 0. The second kappa shape index (κ2) is 13.9. The van der Waals surface area contributed by atoms with Crippen LogP contribution in [0.15, 0.2) is 91.0 Å². The quantitative estimate of drug-likeness (QED) is 0.137. The van der Waals surface area contributed by atoms with Gasteiger partial charge >= 0.3 is 0 Å². The summed E-state index contributed by atoms with van der Waals surface area (Å²) in [6, 6.07) is 32.3. The number of pyridine rings is 2. The van der Waals surface area contributed by atoms with Crippen LogP contribution in [0.5, 0.6) is 0 Å². The molecule has 0 unspecified atom stereocenters. The van der Waals surface area contributed by atoms with E-state index in [0.29, 0.717) is 70.8 Å². The van der Waals surface area contributed by atoms with Crippen molar-refractivity contribution in [3.8, 4) is 23.4 Å². The number of nitrogens with zero attached hydrogens (tertiary/aromatic N) is 8. The molecule has 2 aromatic carbocycles. The molecule has 0 spiro atoms. The molecule has 3 aromatic heterocycles. The molecule has 226 valence electrons. The normalized spacial score (nSPS) is 12.5. The third-order valence-corrected chi connectivity index (χ3v) is 7.67. The molecule has 6 rings (SSSR count). The Morgan fingerprint density at radius 3 is 2.15 bits per heavy atom. The van der Waals surface area contributed by atoms with Crippen LogP contribution < -0.4 is 25.8 Å². The van der Waals surface area contributed by atoms with Gasteiger partial charge in [-0.15, -0.1) is 10.2 Å². The van der Waals surface area contributed by atoms with Crippen LogP contribution in [-0.4, -0.2) is 51.5 Å². The Kier molecular flexibility index (Phi) is 9.11. The number of para-hydroxylation sites is 2. The molecule has 0 bridgehead atoms. The summed E-state index contributed by atoms with van der Waals surface area (Å²) in [5.74, 6) is 2.11. The lowest BCUT2D eigenvalue weighted by molar-refractivity contribution is 0.641. The average molecular weight is 644 g/mol. The highest BCUT2D eigenvalue weighted by molar-refractivity contribution is 7.80. The second-order valence-electron chi connectivity index (χ2n) is 10.2. The number of halogens is 1. The molecule has 13 heteroatoms. The zero-order valence-corrected chi connectivity index (χ0v) is 25.9. The largest absolute Gasteiger partial charge is 0.353 e. The zero-order chi connectivity index (χ0) is 31.9. The van der Waals surface area contributed by atoms with Gasteiger partial charge < -0.3 is 25.8 Å². The van der Waals surface area contributed by atoms with Crippen LogP contribution in [0, 0.1) is 22.7 Å². The van der Waals surface area contributed by atoms with E-state index in [2.05, 4.69) is 48.2 Å². The summed E-state index contributed by atoms with van der Waals surface area (Å²) < 4.78 is 0. The molecule has 1 saturated heterocycles. The number of hydrogen-bond acceptors (Lipinski definition) is 10. The summed E-state index contributed by atoms with van der Waals surface area (Å²) in [6.45, 7) is 2.54. The fourth-order valence-corrected chi connectivity index (χ4v) is 5.36. The van der Waals surface area contributed by atoms with Gasteiger partial charge in [-0.2, -0.15) is 10.5 Å². The molecule has 1 aliphatic heterocycles. The SMILES string of the molecule is N#Cc1cc(C#N)c(N2CCN(c3cccc(Cl)n3)CC2)nc1Nc1ccccc1NC(=S)Nc1ccc(-c2ccccc2)nn1. The van der Waals surface area contributed by atoms with Crippen molar-refractivity contribution in [3.63, 3.8) is 0 Å². The van der Waals surface area contributed by atoms with E-state index in [-0.39, 0.29) is 5.56 Å². The Labute approximate surface area is 276 Å². The van der Waals surface area contributed by atoms with Gasteiger partial charge in [0.2, 0.25) is 0 Å². The first-order valence-electron chi connectivity index (χ1n) is 14.3. The van der Waals surface area contributed by atoms with E-state index in [1.54, 1.807) is 18.2 Å². The Balaban J connectivity index is 1.17. The van der Waals surface area contributed by atoms with Crippen molar-refractivity contribution >= 4 is 63.6 Å². The van der Waals surface area contributed by atoms with Crippen molar-refractivity contribution in [3.05, 3.63) is 107 Å². The van der Waals surface area contributed by atoms with Crippen molar-refractivity contribution in [2.24, 2.45) is 0 Å². The Bertz CT molecular complexity index is 1950. The van der Waals surface area contributed by atoms with E-state index in [4.69, 9.17) is 28.8 Å². The maximum atomic E-state index is 9.94. The van der Waals surface area contributed by atoms with E-state index < -0.39 is 0 Å². The van der Waals surface area contributed by atoms with Crippen LogP contribution in [0.2, 0.25) is 5.15 Å². The highest BCUT2D eigenvalue weighted by atomic mass is 35.5. The molecular weight excluding hydrogens is 618 g/mol. The van der Waals surface area contributed by atoms with E-state index >= 15 is 0 Å². The minimum Gasteiger partial charge on any atom is -0.353 e. The lowest BCUT2D eigenvalue weighted by atomic mass is 10.1. The average Bonchev–Trinajstić information content (AvgIpc) is 3.09. The van der Waals surface area contributed by atoms with Crippen molar-refractivity contribution in [1.29, 1.82) is 10.5 Å². The fraction of sp³-hybridized carbons (Fsp3) is 0.121. The van der Waals surface area contributed by atoms with Gasteiger partial charge in [0.15, 0.2) is 16.7 Å². The van der Waals surface area contributed by atoms with Crippen molar-refractivity contribution in [1.82, 2.24) is 20.2 Å². The molecule has 0 aliphatic carbocycles. The molecule has 1 aliphatic rings. The van der Waals surface area contributed by atoms with Crippen molar-refractivity contribution in [2.75, 3.05) is 51.9 Å². The summed E-state index contributed by atoms with van der Waals surface area (Å²) >= 11 is 11.7. The van der Waals surface area contributed by atoms with Gasteiger partial charge in [0.25, 0.3) is 0 Å². The van der Waals surface area contributed by atoms with Crippen LogP contribution in [0.1, 0.15) is 11.1 Å². The number of rotatable bonds is 7. The fourth-order valence-electron chi connectivity index (χ4n) is 4.99. The highest BCUT2D eigenvalue weighted by Crippen LogP contribution is 2.31. The van der Waals surface area contributed by atoms with E-state index in [1.165, 1.54) is 0 Å². The van der Waals surface area contributed by atoms with E-state index in [9.17, 15) is 10.5 Å². The predicted octanol–water partition coefficient (Wildman–Crippen LogP) is 6.21. The standard InChI is InChI=1S/C33H26ClN11S/c34-28-11-6-12-30(39-28)44-15-17-45(18-16-44)32-24(21-36)19-23(20-35)31(41-32)37-26-9-4-5-10-27(26)38-33(46)40-29-14-13-25(42-43-29)22-7-2-1-3-8-22/h1-14,19H,15-18H2,(H,37,41)(H2,38,40,43,46). The zero-order valence-electron chi connectivity index (χ0n) is 24.4. The molecule has 0 amide bonds. The van der Waals surface area contributed by atoms with Crippen LogP contribution in [0.25, 0.3) is 11.3 Å².